The van der Waals surface area contributed by atoms with Crippen LogP contribution in [0.1, 0.15) is 26.1 Å². The van der Waals surface area contributed by atoms with Gasteiger partial charge < -0.3 is 9.47 Å². The fourth-order valence-electron chi connectivity index (χ4n) is 4.11. The van der Waals surface area contributed by atoms with Crippen LogP contribution in [0.2, 0.25) is 0 Å². The molecule has 0 N–H and O–H groups in total. The van der Waals surface area contributed by atoms with Crippen molar-refractivity contribution in [3.63, 3.8) is 0 Å². The minimum absolute atomic E-state index is 0.0783. The number of amides is 1. The number of thioether (sulfide) groups is 1. The Labute approximate surface area is 193 Å². The number of benzene rings is 2. The van der Waals surface area contributed by atoms with Crippen molar-refractivity contribution < 1.29 is 13.2 Å². The van der Waals surface area contributed by atoms with Gasteiger partial charge in [0.2, 0.25) is 15.9 Å². The molecule has 0 saturated carbocycles. The van der Waals surface area contributed by atoms with Crippen LogP contribution in [0.3, 0.4) is 0 Å². The van der Waals surface area contributed by atoms with Crippen molar-refractivity contribution in [3.05, 3.63) is 48.3 Å². The van der Waals surface area contributed by atoms with Gasteiger partial charge in [-0.1, -0.05) is 26.0 Å². The highest BCUT2D eigenvalue weighted by Crippen LogP contribution is 2.34. The molecule has 0 bridgehead atoms. The van der Waals surface area contributed by atoms with Crippen LogP contribution in [0, 0.1) is 0 Å². The van der Waals surface area contributed by atoms with Crippen LogP contribution < -0.4 is 4.90 Å². The molecule has 4 rings (SSSR count). The number of anilines is 1. The van der Waals surface area contributed by atoms with Crippen LogP contribution in [-0.2, 0) is 28.3 Å². The first kappa shape index (κ1) is 22.8. The quantitative estimate of drug-likeness (QED) is 0.524. The van der Waals surface area contributed by atoms with Gasteiger partial charge in [0.15, 0.2) is 0 Å². The second-order valence-electron chi connectivity index (χ2n) is 7.69. The van der Waals surface area contributed by atoms with E-state index in [1.54, 1.807) is 30.0 Å². The van der Waals surface area contributed by atoms with Crippen molar-refractivity contribution in [2.75, 3.05) is 30.3 Å². The predicted molar refractivity (Wildman–Crippen MR) is 129 cm³/mol. The van der Waals surface area contributed by atoms with Gasteiger partial charge >= 0.3 is 0 Å². The molecule has 0 saturated heterocycles. The molecule has 1 amide bonds. The van der Waals surface area contributed by atoms with Crippen LogP contribution in [0.4, 0.5) is 5.69 Å². The molecule has 3 aromatic rings. The molecule has 1 aliphatic rings. The third kappa shape index (κ3) is 4.16. The fourth-order valence-corrected chi connectivity index (χ4v) is 6.58. The highest BCUT2D eigenvalue weighted by atomic mass is 32.2. The molecule has 32 heavy (non-hydrogen) atoms. The number of rotatable bonds is 7. The molecule has 0 spiro atoms. The van der Waals surface area contributed by atoms with Gasteiger partial charge in [-0.05, 0) is 30.3 Å². The Balaban J connectivity index is 1.54. The first-order valence-corrected chi connectivity index (χ1v) is 13.3. The summed E-state index contributed by atoms with van der Waals surface area (Å²) in [6.07, 6.45) is 0.842. The van der Waals surface area contributed by atoms with Crippen LogP contribution in [-0.4, -0.2) is 53.6 Å². The number of nitrogens with zero attached hydrogens (tertiary/aromatic N) is 4. The molecule has 2 aromatic carbocycles. The second kappa shape index (κ2) is 9.25. The van der Waals surface area contributed by atoms with Crippen molar-refractivity contribution >= 4 is 44.4 Å². The van der Waals surface area contributed by atoms with Gasteiger partial charge in [-0.15, -0.1) is 11.8 Å². The van der Waals surface area contributed by atoms with Crippen molar-refractivity contribution in [3.8, 4) is 0 Å². The Kier molecular flexibility index (Phi) is 6.60. The maximum absolute atomic E-state index is 13.0. The molecule has 0 fully saturated rings. The summed E-state index contributed by atoms with van der Waals surface area (Å²) in [5, 5.41) is 0. The van der Waals surface area contributed by atoms with E-state index in [-0.39, 0.29) is 10.8 Å². The van der Waals surface area contributed by atoms with E-state index in [1.807, 2.05) is 48.6 Å². The summed E-state index contributed by atoms with van der Waals surface area (Å²) in [4.78, 5) is 20.9. The van der Waals surface area contributed by atoms with Crippen LogP contribution in [0.25, 0.3) is 11.0 Å². The molecular formula is C23H28N4O3S2. The van der Waals surface area contributed by atoms with Crippen LogP contribution in [0.15, 0.2) is 52.3 Å². The summed E-state index contributed by atoms with van der Waals surface area (Å²) in [7, 11) is -1.64. The van der Waals surface area contributed by atoms with E-state index in [2.05, 4.69) is 11.1 Å². The van der Waals surface area contributed by atoms with E-state index in [0.29, 0.717) is 38.0 Å². The third-order valence-electron chi connectivity index (χ3n) is 5.88. The normalized spacial score (nSPS) is 14.2. The topological polar surface area (TPSA) is 75.5 Å². The smallest absolute Gasteiger partial charge is 0.243 e. The minimum atomic E-state index is -3.54. The van der Waals surface area contributed by atoms with Crippen molar-refractivity contribution in [1.82, 2.24) is 13.9 Å². The molecule has 0 atom stereocenters. The van der Waals surface area contributed by atoms with Gasteiger partial charge in [0.05, 0.1) is 21.6 Å². The number of sulfonamides is 1. The Hall–Kier alpha value is -2.36. The van der Waals surface area contributed by atoms with E-state index in [4.69, 9.17) is 0 Å². The van der Waals surface area contributed by atoms with Gasteiger partial charge in [0.25, 0.3) is 0 Å². The number of carbonyl (C=O) groups excluding carboxylic acids is 1. The van der Waals surface area contributed by atoms with Crippen LogP contribution >= 0.6 is 11.8 Å². The lowest BCUT2D eigenvalue weighted by Gasteiger charge is -2.29. The van der Waals surface area contributed by atoms with Gasteiger partial charge in [-0.25, -0.2) is 13.4 Å². The number of aryl methyl sites for hydroxylation is 2. The van der Waals surface area contributed by atoms with Crippen molar-refractivity contribution in [2.45, 2.75) is 36.5 Å². The zero-order chi connectivity index (χ0) is 22.9. The zero-order valence-electron chi connectivity index (χ0n) is 18.6. The summed E-state index contributed by atoms with van der Waals surface area (Å²) in [6, 6.07) is 13.1. The summed E-state index contributed by atoms with van der Waals surface area (Å²) < 4.78 is 29.1. The largest absolute Gasteiger partial charge is 0.331 e. The number of fused-ring (bicyclic) bond motifs is 2. The molecule has 1 aromatic heterocycles. The number of hydrogen-bond acceptors (Lipinski definition) is 5. The van der Waals surface area contributed by atoms with E-state index in [0.717, 1.165) is 27.7 Å². The monoisotopic (exact) mass is 472 g/mol. The third-order valence-corrected chi connectivity index (χ3v) is 8.97. The van der Waals surface area contributed by atoms with Crippen molar-refractivity contribution in [1.29, 1.82) is 0 Å². The number of carbonyl (C=O) groups is 1. The number of para-hydroxylation sites is 1. The second-order valence-corrected chi connectivity index (χ2v) is 10.8. The van der Waals surface area contributed by atoms with E-state index < -0.39 is 10.0 Å². The Morgan fingerprint density at radius 3 is 2.66 bits per heavy atom. The average Bonchev–Trinajstić information content (AvgIpc) is 3.12. The Bertz CT molecular complexity index is 1250. The van der Waals surface area contributed by atoms with E-state index >= 15 is 0 Å². The fraction of sp³-hybridized carbons (Fsp3) is 0.391. The van der Waals surface area contributed by atoms with E-state index in [9.17, 15) is 13.2 Å². The predicted octanol–water partition coefficient (Wildman–Crippen LogP) is 3.68. The molecule has 0 radical (unpaired) electrons. The molecule has 7 nitrogen and oxygen atoms in total. The molecule has 0 aliphatic carbocycles. The molecule has 2 heterocycles. The lowest BCUT2D eigenvalue weighted by atomic mass is 10.2. The Morgan fingerprint density at radius 2 is 1.91 bits per heavy atom. The van der Waals surface area contributed by atoms with E-state index in [1.165, 1.54) is 4.31 Å². The lowest BCUT2D eigenvalue weighted by Crippen LogP contribution is -2.35. The van der Waals surface area contributed by atoms with Gasteiger partial charge in [0.1, 0.15) is 5.82 Å². The number of imidazole rings is 1. The lowest BCUT2D eigenvalue weighted by molar-refractivity contribution is -0.118. The summed E-state index contributed by atoms with van der Waals surface area (Å²) in [6.45, 7) is 5.20. The summed E-state index contributed by atoms with van der Waals surface area (Å²) in [5.74, 6) is 1.73. The maximum atomic E-state index is 13.0. The maximum Gasteiger partial charge on any atom is 0.243 e. The Morgan fingerprint density at radius 1 is 1.16 bits per heavy atom. The number of aromatic nitrogens is 2. The van der Waals surface area contributed by atoms with Crippen molar-refractivity contribution in [2.24, 2.45) is 7.05 Å². The van der Waals surface area contributed by atoms with Crippen LogP contribution in [0.5, 0.6) is 0 Å². The highest BCUT2D eigenvalue weighted by Gasteiger charge is 2.24. The molecule has 170 valence electrons. The molecule has 0 unspecified atom stereocenters. The zero-order valence-corrected chi connectivity index (χ0v) is 20.2. The molecule has 9 heteroatoms. The minimum Gasteiger partial charge on any atom is -0.331 e. The highest BCUT2D eigenvalue weighted by molar-refractivity contribution is 7.99. The molecule has 1 aliphatic heterocycles. The first-order chi connectivity index (χ1) is 15.4. The summed E-state index contributed by atoms with van der Waals surface area (Å²) >= 11 is 1.78. The standard InChI is InChI=1S/C23H28N4O3S2/c1-4-26(5-2)32(29,30)17-10-11-19-18(16-17)24-22(25(19)3)12-13-23(28)27-14-15-31-21-9-7-6-8-20(21)27/h6-11,16H,4-5,12-15H2,1-3H3. The van der Waals surface area contributed by atoms with Gasteiger partial charge in [-0.2, -0.15) is 4.31 Å². The average molecular weight is 473 g/mol. The SMILES string of the molecule is CCN(CC)S(=O)(=O)c1ccc2c(c1)nc(CCC(=O)N1CCSc3ccccc31)n2C. The first-order valence-electron chi connectivity index (χ1n) is 10.8. The van der Waals surface area contributed by atoms with Gasteiger partial charge in [0, 0.05) is 50.2 Å². The summed E-state index contributed by atoms with van der Waals surface area (Å²) in [5.41, 5.74) is 2.46. The number of hydrogen-bond donors (Lipinski definition) is 0. The van der Waals surface area contributed by atoms with Gasteiger partial charge in [-0.3, -0.25) is 4.79 Å². The molecular weight excluding hydrogens is 444 g/mol.